The fourth-order valence-electron chi connectivity index (χ4n) is 1.96. The maximum absolute atomic E-state index is 5.76. The van der Waals surface area contributed by atoms with Crippen molar-refractivity contribution in [2.75, 3.05) is 12.4 Å². The first kappa shape index (κ1) is 9.04. The van der Waals surface area contributed by atoms with Crippen LogP contribution in [0.3, 0.4) is 0 Å². The van der Waals surface area contributed by atoms with Crippen LogP contribution in [-0.4, -0.2) is 12.4 Å². The molecule has 0 amide bonds. The predicted octanol–water partition coefficient (Wildman–Crippen LogP) is 2.50. The van der Waals surface area contributed by atoms with Crippen LogP contribution in [0.25, 0.3) is 0 Å². The van der Waals surface area contributed by atoms with Crippen LogP contribution in [0.4, 0.5) is 0 Å². The molecule has 2 heteroatoms. The zero-order valence-corrected chi connectivity index (χ0v) is 8.35. The van der Waals surface area contributed by atoms with E-state index in [2.05, 4.69) is 29.6 Å². The fraction of sp³-hybridized carbons (Fsp3) is 0.455. The van der Waals surface area contributed by atoms with Gasteiger partial charge in [0.2, 0.25) is 0 Å². The van der Waals surface area contributed by atoms with Crippen LogP contribution >= 0.6 is 11.6 Å². The largest absolute Gasteiger partial charge is 0.310 e. The molecule has 1 aromatic carbocycles. The van der Waals surface area contributed by atoms with Gasteiger partial charge in [-0.25, -0.2) is 0 Å². The number of rotatable bonds is 2. The molecule has 13 heavy (non-hydrogen) atoms. The number of nitrogens with one attached hydrogen (secondary N) is 1. The molecular weight excluding hydrogens is 182 g/mol. The van der Waals surface area contributed by atoms with Crippen LogP contribution in [-0.2, 0) is 6.42 Å². The van der Waals surface area contributed by atoms with Gasteiger partial charge in [-0.15, -0.1) is 11.6 Å². The average Bonchev–Trinajstić information content (AvgIpc) is 2.19. The summed E-state index contributed by atoms with van der Waals surface area (Å²) in [6.07, 6.45) is 2.17. The van der Waals surface area contributed by atoms with Crippen molar-refractivity contribution in [3.63, 3.8) is 0 Å². The Labute approximate surface area is 84.1 Å². The standard InChI is InChI=1S/C11H14ClN/c12-7-5-11-10-4-2-1-3-9(10)6-8-13-11/h1-4,11,13H,5-8H2. The Morgan fingerprint density at radius 3 is 3.08 bits per heavy atom. The highest BCUT2D eigenvalue weighted by molar-refractivity contribution is 6.17. The van der Waals surface area contributed by atoms with Gasteiger partial charge in [0.05, 0.1) is 0 Å². The number of benzene rings is 1. The van der Waals surface area contributed by atoms with Gasteiger partial charge in [0.1, 0.15) is 0 Å². The summed E-state index contributed by atoms with van der Waals surface area (Å²) in [5, 5.41) is 3.49. The Hall–Kier alpha value is -0.530. The van der Waals surface area contributed by atoms with Gasteiger partial charge in [0.25, 0.3) is 0 Å². The molecule has 0 saturated carbocycles. The summed E-state index contributed by atoms with van der Waals surface area (Å²) >= 11 is 5.76. The summed E-state index contributed by atoms with van der Waals surface area (Å²) in [5.41, 5.74) is 2.92. The summed E-state index contributed by atoms with van der Waals surface area (Å²) in [6, 6.07) is 9.12. The van der Waals surface area contributed by atoms with Gasteiger partial charge in [0.15, 0.2) is 0 Å². The smallest absolute Gasteiger partial charge is 0.0334 e. The second kappa shape index (κ2) is 4.12. The number of hydrogen-bond donors (Lipinski definition) is 1. The third kappa shape index (κ3) is 1.87. The van der Waals surface area contributed by atoms with Gasteiger partial charge in [-0.1, -0.05) is 24.3 Å². The van der Waals surface area contributed by atoms with Crippen LogP contribution < -0.4 is 5.32 Å². The van der Waals surface area contributed by atoms with Crippen LogP contribution in [0.5, 0.6) is 0 Å². The predicted molar refractivity (Wildman–Crippen MR) is 56.2 cm³/mol. The van der Waals surface area contributed by atoms with E-state index >= 15 is 0 Å². The summed E-state index contributed by atoms with van der Waals surface area (Å²) in [7, 11) is 0. The highest BCUT2D eigenvalue weighted by Gasteiger charge is 2.17. The van der Waals surface area contributed by atoms with Crippen molar-refractivity contribution in [2.24, 2.45) is 0 Å². The second-order valence-corrected chi connectivity index (χ2v) is 3.81. The molecule has 1 aromatic rings. The van der Waals surface area contributed by atoms with E-state index < -0.39 is 0 Å². The first-order valence-corrected chi connectivity index (χ1v) is 5.32. The molecule has 0 aromatic heterocycles. The van der Waals surface area contributed by atoms with E-state index in [0.717, 1.165) is 25.3 Å². The lowest BCUT2D eigenvalue weighted by Gasteiger charge is -2.26. The van der Waals surface area contributed by atoms with E-state index in [0.29, 0.717) is 6.04 Å². The van der Waals surface area contributed by atoms with Gasteiger partial charge in [-0.2, -0.15) is 0 Å². The lowest BCUT2D eigenvalue weighted by molar-refractivity contribution is 0.494. The molecule has 1 aliphatic rings. The van der Waals surface area contributed by atoms with E-state index in [1.165, 1.54) is 11.1 Å². The van der Waals surface area contributed by atoms with Crippen molar-refractivity contribution >= 4 is 11.6 Å². The topological polar surface area (TPSA) is 12.0 Å². The summed E-state index contributed by atoms with van der Waals surface area (Å²) in [6.45, 7) is 1.08. The fourth-order valence-corrected chi connectivity index (χ4v) is 2.18. The molecule has 0 spiro atoms. The van der Waals surface area contributed by atoms with Gasteiger partial charge in [-0.05, 0) is 30.5 Å². The molecule has 2 rings (SSSR count). The van der Waals surface area contributed by atoms with Crippen molar-refractivity contribution in [2.45, 2.75) is 18.9 Å². The van der Waals surface area contributed by atoms with E-state index in [-0.39, 0.29) is 0 Å². The number of alkyl halides is 1. The van der Waals surface area contributed by atoms with Gasteiger partial charge in [-0.3, -0.25) is 0 Å². The Bertz CT molecular complexity index is 285. The van der Waals surface area contributed by atoms with Crippen LogP contribution in [0.15, 0.2) is 24.3 Å². The van der Waals surface area contributed by atoms with E-state index in [1.807, 2.05) is 0 Å². The molecule has 0 radical (unpaired) electrons. The molecule has 70 valence electrons. The summed E-state index contributed by atoms with van der Waals surface area (Å²) in [5.74, 6) is 0.728. The molecule has 0 fully saturated rings. The Balaban J connectivity index is 2.26. The number of halogens is 1. The van der Waals surface area contributed by atoms with Crippen molar-refractivity contribution in [1.82, 2.24) is 5.32 Å². The normalized spacial score (nSPS) is 21.2. The van der Waals surface area contributed by atoms with Gasteiger partial charge < -0.3 is 5.32 Å². The van der Waals surface area contributed by atoms with E-state index in [1.54, 1.807) is 0 Å². The highest BCUT2D eigenvalue weighted by atomic mass is 35.5. The zero-order valence-electron chi connectivity index (χ0n) is 7.59. The summed E-state index contributed by atoms with van der Waals surface area (Å²) in [4.78, 5) is 0. The molecule has 1 nitrogen and oxygen atoms in total. The monoisotopic (exact) mass is 195 g/mol. The van der Waals surface area contributed by atoms with Crippen LogP contribution in [0.2, 0.25) is 0 Å². The molecular formula is C11H14ClN. The summed E-state index contributed by atoms with van der Waals surface area (Å²) < 4.78 is 0. The number of hydrogen-bond acceptors (Lipinski definition) is 1. The molecule has 1 atom stereocenters. The lowest BCUT2D eigenvalue weighted by atomic mass is 9.93. The highest BCUT2D eigenvalue weighted by Crippen LogP contribution is 2.25. The molecule has 1 heterocycles. The minimum Gasteiger partial charge on any atom is -0.310 e. The minimum atomic E-state index is 0.474. The minimum absolute atomic E-state index is 0.474. The van der Waals surface area contributed by atoms with Crippen molar-refractivity contribution in [3.8, 4) is 0 Å². The third-order valence-corrected chi connectivity index (χ3v) is 2.83. The first-order valence-electron chi connectivity index (χ1n) is 4.79. The van der Waals surface area contributed by atoms with Crippen LogP contribution in [0.1, 0.15) is 23.6 Å². The van der Waals surface area contributed by atoms with Crippen molar-refractivity contribution < 1.29 is 0 Å². The molecule has 1 aliphatic heterocycles. The first-order chi connectivity index (χ1) is 6.42. The second-order valence-electron chi connectivity index (χ2n) is 3.43. The quantitative estimate of drug-likeness (QED) is 0.716. The van der Waals surface area contributed by atoms with E-state index in [4.69, 9.17) is 11.6 Å². The zero-order chi connectivity index (χ0) is 9.10. The lowest BCUT2D eigenvalue weighted by Crippen LogP contribution is -2.29. The third-order valence-electron chi connectivity index (χ3n) is 2.61. The van der Waals surface area contributed by atoms with Gasteiger partial charge >= 0.3 is 0 Å². The Kier molecular flexibility index (Phi) is 2.87. The molecule has 1 unspecified atom stereocenters. The van der Waals surface area contributed by atoms with Gasteiger partial charge in [0, 0.05) is 11.9 Å². The Morgan fingerprint density at radius 1 is 1.38 bits per heavy atom. The molecule has 1 N–H and O–H groups in total. The molecule has 0 saturated heterocycles. The molecule has 0 bridgehead atoms. The number of fused-ring (bicyclic) bond motifs is 1. The van der Waals surface area contributed by atoms with E-state index in [9.17, 15) is 0 Å². The molecule has 0 aliphatic carbocycles. The Morgan fingerprint density at radius 2 is 2.23 bits per heavy atom. The maximum Gasteiger partial charge on any atom is 0.0334 e. The van der Waals surface area contributed by atoms with Crippen molar-refractivity contribution in [1.29, 1.82) is 0 Å². The SMILES string of the molecule is ClCCC1NCCc2ccccc21. The average molecular weight is 196 g/mol. The maximum atomic E-state index is 5.76. The van der Waals surface area contributed by atoms with Crippen molar-refractivity contribution in [3.05, 3.63) is 35.4 Å². The van der Waals surface area contributed by atoms with Crippen LogP contribution in [0, 0.1) is 0 Å².